The summed E-state index contributed by atoms with van der Waals surface area (Å²) in [5, 5.41) is 8.09. The number of anilines is 1. The standard InChI is InChI=1S/C19H23N3O2/c1-3-15-9-11-17(12-10-15)21-14(2)18(23)22-19(24)20-13-16-7-5-4-6-8-16/h4-12,14,21H,3,13H2,1-2H3,(H2,20,22,23,24). The molecule has 0 aliphatic heterocycles. The number of carbonyl (C=O) groups is 2. The van der Waals surface area contributed by atoms with E-state index in [2.05, 4.69) is 22.9 Å². The lowest BCUT2D eigenvalue weighted by Crippen LogP contribution is -2.45. The van der Waals surface area contributed by atoms with Crippen LogP contribution in [-0.4, -0.2) is 18.0 Å². The number of imide groups is 1. The summed E-state index contributed by atoms with van der Waals surface area (Å²) in [4.78, 5) is 23.9. The lowest BCUT2D eigenvalue weighted by atomic mass is 10.1. The van der Waals surface area contributed by atoms with E-state index in [1.54, 1.807) is 6.92 Å². The highest BCUT2D eigenvalue weighted by molar-refractivity contribution is 5.97. The summed E-state index contributed by atoms with van der Waals surface area (Å²) in [6.45, 7) is 4.18. The number of amides is 3. The van der Waals surface area contributed by atoms with E-state index in [1.807, 2.05) is 54.6 Å². The van der Waals surface area contributed by atoms with Crippen LogP contribution < -0.4 is 16.0 Å². The molecular weight excluding hydrogens is 302 g/mol. The fraction of sp³-hybridized carbons (Fsp3) is 0.263. The van der Waals surface area contributed by atoms with E-state index >= 15 is 0 Å². The summed E-state index contributed by atoms with van der Waals surface area (Å²) in [6.07, 6.45) is 0.970. The maximum atomic E-state index is 12.1. The molecule has 0 heterocycles. The molecule has 2 aromatic rings. The number of aryl methyl sites for hydroxylation is 1. The molecule has 2 rings (SSSR count). The zero-order chi connectivity index (χ0) is 17.4. The fourth-order valence-corrected chi connectivity index (χ4v) is 2.19. The second-order valence-electron chi connectivity index (χ2n) is 5.57. The average Bonchev–Trinajstić information content (AvgIpc) is 2.61. The highest BCUT2D eigenvalue weighted by atomic mass is 16.2. The van der Waals surface area contributed by atoms with Crippen LogP contribution >= 0.6 is 0 Å². The van der Waals surface area contributed by atoms with Crippen LogP contribution in [0.25, 0.3) is 0 Å². The van der Waals surface area contributed by atoms with Crippen molar-refractivity contribution >= 4 is 17.6 Å². The summed E-state index contributed by atoms with van der Waals surface area (Å²) in [6, 6.07) is 16.4. The fourth-order valence-electron chi connectivity index (χ4n) is 2.19. The van der Waals surface area contributed by atoms with Crippen molar-refractivity contribution in [1.82, 2.24) is 10.6 Å². The maximum absolute atomic E-state index is 12.1. The van der Waals surface area contributed by atoms with E-state index in [-0.39, 0.29) is 5.91 Å². The van der Waals surface area contributed by atoms with Crippen molar-refractivity contribution in [2.75, 3.05) is 5.32 Å². The quantitative estimate of drug-likeness (QED) is 0.764. The van der Waals surface area contributed by atoms with Crippen LogP contribution in [0.3, 0.4) is 0 Å². The summed E-state index contributed by atoms with van der Waals surface area (Å²) < 4.78 is 0. The number of rotatable bonds is 6. The molecular formula is C19H23N3O2. The van der Waals surface area contributed by atoms with Gasteiger partial charge in [-0.3, -0.25) is 10.1 Å². The molecule has 0 aliphatic rings. The van der Waals surface area contributed by atoms with Gasteiger partial charge in [-0.1, -0.05) is 49.4 Å². The van der Waals surface area contributed by atoms with Crippen molar-refractivity contribution in [2.45, 2.75) is 32.9 Å². The Kier molecular flexibility index (Phi) is 6.37. The summed E-state index contributed by atoms with van der Waals surface area (Å²) in [7, 11) is 0. The van der Waals surface area contributed by atoms with Gasteiger partial charge in [-0.15, -0.1) is 0 Å². The SMILES string of the molecule is CCc1ccc(NC(C)C(=O)NC(=O)NCc2ccccc2)cc1. The van der Waals surface area contributed by atoms with Crippen molar-refractivity contribution in [3.63, 3.8) is 0 Å². The van der Waals surface area contributed by atoms with Crippen LogP contribution in [0.4, 0.5) is 10.5 Å². The Labute approximate surface area is 142 Å². The third kappa shape index (κ3) is 5.43. The molecule has 0 saturated heterocycles. The van der Waals surface area contributed by atoms with Crippen LogP contribution in [0.2, 0.25) is 0 Å². The first-order valence-corrected chi connectivity index (χ1v) is 8.06. The second kappa shape index (κ2) is 8.72. The van der Waals surface area contributed by atoms with Gasteiger partial charge in [0.15, 0.2) is 0 Å². The minimum Gasteiger partial charge on any atom is -0.374 e. The van der Waals surface area contributed by atoms with E-state index in [1.165, 1.54) is 5.56 Å². The van der Waals surface area contributed by atoms with Crippen molar-refractivity contribution in [3.05, 3.63) is 65.7 Å². The zero-order valence-electron chi connectivity index (χ0n) is 14.0. The lowest BCUT2D eigenvalue weighted by molar-refractivity contribution is -0.120. The lowest BCUT2D eigenvalue weighted by Gasteiger charge is -2.15. The van der Waals surface area contributed by atoms with Gasteiger partial charge in [0.25, 0.3) is 0 Å². The number of hydrogen-bond acceptors (Lipinski definition) is 3. The van der Waals surface area contributed by atoms with Crippen molar-refractivity contribution in [3.8, 4) is 0 Å². The largest absolute Gasteiger partial charge is 0.374 e. The van der Waals surface area contributed by atoms with Crippen LogP contribution in [0.15, 0.2) is 54.6 Å². The molecule has 0 fully saturated rings. The van der Waals surface area contributed by atoms with Crippen LogP contribution in [0.5, 0.6) is 0 Å². The van der Waals surface area contributed by atoms with E-state index in [0.29, 0.717) is 6.54 Å². The van der Waals surface area contributed by atoms with Gasteiger partial charge in [-0.25, -0.2) is 4.79 Å². The molecule has 0 radical (unpaired) electrons. The van der Waals surface area contributed by atoms with Crippen LogP contribution in [0, 0.1) is 0 Å². The first-order valence-electron chi connectivity index (χ1n) is 8.06. The highest BCUT2D eigenvalue weighted by Crippen LogP contribution is 2.11. The zero-order valence-corrected chi connectivity index (χ0v) is 14.0. The molecule has 3 amide bonds. The molecule has 126 valence electrons. The highest BCUT2D eigenvalue weighted by Gasteiger charge is 2.15. The van der Waals surface area contributed by atoms with Gasteiger partial charge in [-0.2, -0.15) is 0 Å². The van der Waals surface area contributed by atoms with Crippen molar-refractivity contribution < 1.29 is 9.59 Å². The van der Waals surface area contributed by atoms with Gasteiger partial charge in [0.2, 0.25) is 5.91 Å². The molecule has 2 aromatic carbocycles. The van der Waals surface area contributed by atoms with E-state index in [4.69, 9.17) is 0 Å². The van der Waals surface area contributed by atoms with Crippen LogP contribution in [0.1, 0.15) is 25.0 Å². The Morgan fingerprint density at radius 3 is 2.25 bits per heavy atom. The molecule has 0 aliphatic carbocycles. The molecule has 5 heteroatoms. The molecule has 0 spiro atoms. The summed E-state index contributed by atoms with van der Waals surface area (Å²) in [5.74, 6) is -0.375. The van der Waals surface area contributed by atoms with E-state index in [0.717, 1.165) is 17.7 Å². The Morgan fingerprint density at radius 1 is 0.958 bits per heavy atom. The third-order valence-corrected chi connectivity index (χ3v) is 3.67. The third-order valence-electron chi connectivity index (χ3n) is 3.67. The molecule has 1 unspecified atom stereocenters. The number of carbonyl (C=O) groups excluding carboxylic acids is 2. The summed E-state index contributed by atoms with van der Waals surface area (Å²) >= 11 is 0. The Morgan fingerprint density at radius 2 is 1.62 bits per heavy atom. The first-order chi connectivity index (χ1) is 11.6. The number of nitrogens with one attached hydrogen (secondary N) is 3. The maximum Gasteiger partial charge on any atom is 0.321 e. The molecule has 3 N–H and O–H groups in total. The first kappa shape index (κ1) is 17.5. The van der Waals surface area contributed by atoms with Crippen molar-refractivity contribution in [1.29, 1.82) is 0 Å². The summed E-state index contributed by atoms with van der Waals surface area (Å²) in [5.41, 5.74) is 3.06. The topological polar surface area (TPSA) is 70.2 Å². The Balaban J connectivity index is 1.78. The minimum absolute atomic E-state index is 0.375. The molecule has 5 nitrogen and oxygen atoms in total. The van der Waals surface area contributed by atoms with Crippen LogP contribution in [-0.2, 0) is 17.8 Å². The Hall–Kier alpha value is -2.82. The predicted octanol–water partition coefficient (Wildman–Crippen LogP) is 3.08. The van der Waals surface area contributed by atoms with E-state index in [9.17, 15) is 9.59 Å². The second-order valence-corrected chi connectivity index (χ2v) is 5.57. The number of hydrogen-bond donors (Lipinski definition) is 3. The molecule has 24 heavy (non-hydrogen) atoms. The van der Waals surface area contributed by atoms with Gasteiger partial charge in [-0.05, 0) is 36.6 Å². The van der Waals surface area contributed by atoms with Crippen molar-refractivity contribution in [2.24, 2.45) is 0 Å². The van der Waals surface area contributed by atoms with Gasteiger partial charge in [0.05, 0.1) is 0 Å². The van der Waals surface area contributed by atoms with Gasteiger partial charge >= 0.3 is 6.03 Å². The molecule has 1 atom stereocenters. The number of benzene rings is 2. The van der Waals surface area contributed by atoms with E-state index < -0.39 is 12.1 Å². The smallest absolute Gasteiger partial charge is 0.321 e. The minimum atomic E-state index is -0.514. The molecule has 0 saturated carbocycles. The monoisotopic (exact) mass is 325 g/mol. The van der Waals surface area contributed by atoms with Gasteiger partial charge in [0.1, 0.15) is 6.04 Å². The van der Waals surface area contributed by atoms with Gasteiger partial charge < -0.3 is 10.6 Å². The molecule has 0 aromatic heterocycles. The average molecular weight is 325 g/mol. The number of urea groups is 1. The predicted molar refractivity (Wildman–Crippen MR) is 95.7 cm³/mol. The Bertz CT molecular complexity index is 669. The van der Waals surface area contributed by atoms with Gasteiger partial charge in [0, 0.05) is 12.2 Å². The normalized spacial score (nSPS) is 11.4. The molecule has 0 bridgehead atoms.